The van der Waals surface area contributed by atoms with Crippen molar-refractivity contribution in [2.45, 2.75) is 32.9 Å². The predicted octanol–water partition coefficient (Wildman–Crippen LogP) is 1.90. The van der Waals surface area contributed by atoms with Gasteiger partial charge in [-0.1, -0.05) is 13.8 Å². The summed E-state index contributed by atoms with van der Waals surface area (Å²) < 4.78 is 9.71. The van der Waals surface area contributed by atoms with Gasteiger partial charge in [-0.3, -0.25) is 4.98 Å². The highest BCUT2D eigenvalue weighted by atomic mass is 16.6. The third kappa shape index (κ3) is 5.69. The van der Waals surface area contributed by atoms with E-state index in [4.69, 9.17) is 4.74 Å². The van der Waals surface area contributed by atoms with Crippen LogP contribution in [-0.4, -0.2) is 30.2 Å². The molecule has 110 valence electrons. The number of methoxy groups -OCH3 is 1. The lowest BCUT2D eigenvalue weighted by Gasteiger charge is -2.18. The van der Waals surface area contributed by atoms with E-state index in [2.05, 4.69) is 15.0 Å². The van der Waals surface area contributed by atoms with E-state index in [9.17, 15) is 9.59 Å². The van der Waals surface area contributed by atoms with E-state index < -0.39 is 18.1 Å². The number of carbonyl (C=O) groups excluding carboxylic acids is 2. The molecule has 0 aliphatic heterocycles. The Hall–Kier alpha value is -2.11. The highest BCUT2D eigenvalue weighted by Crippen LogP contribution is 2.07. The van der Waals surface area contributed by atoms with E-state index in [0.717, 1.165) is 5.56 Å². The summed E-state index contributed by atoms with van der Waals surface area (Å²) in [6.07, 6.45) is 3.09. The molecular formula is C14H20N2O4. The van der Waals surface area contributed by atoms with Crippen molar-refractivity contribution in [3.05, 3.63) is 30.1 Å². The lowest BCUT2D eigenvalue weighted by molar-refractivity contribution is -0.143. The molecule has 1 N–H and O–H groups in total. The maximum Gasteiger partial charge on any atom is 0.408 e. The molecule has 0 radical (unpaired) electrons. The molecule has 0 fully saturated rings. The number of nitrogens with one attached hydrogen (secondary N) is 1. The summed E-state index contributed by atoms with van der Waals surface area (Å²) in [5, 5.41) is 2.52. The number of hydrogen-bond acceptors (Lipinski definition) is 5. The van der Waals surface area contributed by atoms with Crippen LogP contribution in [0.25, 0.3) is 0 Å². The van der Waals surface area contributed by atoms with Crippen molar-refractivity contribution in [2.24, 2.45) is 5.92 Å². The number of ether oxygens (including phenoxy) is 2. The van der Waals surface area contributed by atoms with Crippen LogP contribution in [0.4, 0.5) is 4.79 Å². The van der Waals surface area contributed by atoms with E-state index in [1.807, 2.05) is 13.8 Å². The lowest BCUT2D eigenvalue weighted by atomic mass is 10.0. The Morgan fingerprint density at radius 1 is 1.30 bits per heavy atom. The van der Waals surface area contributed by atoms with Crippen molar-refractivity contribution in [3.63, 3.8) is 0 Å². The highest BCUT2D eigenvalue weighted by Gasteiger charge is 2.23. The van der Waals surface area contributed by atoms with Gasteiger partial charge in [-0.25, -0.2) is 9.59 Å². The molecule has 0 aliphatic rings. The van der Waals surface area contributed by atoms with Gasteiger partial charge in [0.15, 0.2) is 0 Å². The molecule has 1 aromatic heterocycles. The Morgan fingerprint density at radius 2 is 1.95 bits per heavy atom. The fourth-order valence-electron chi connectivity index (χ4n) is 1.64. The van der Waals surface area contributed by atoms with Gasteiger partial charge >= 0.3 is 12.1 Å². The lowest BCUT2D eigenvalue weighted by Crippen LogP contribution is -2.42. The average molecular weight is 280 g/mol. The number of hydrogen-bond donors (Lipinski definition) is 1. The van der Waals surface area contributed by atoms with Gasteiger partial charge in [0.2, 0.25) is 0 Å². The smallest absolute Gasteiger partial charge is 0.408 e. The zero-order valence-electron chi connectivity index (χ0n) is 12.0. The van der Waals surface area contributed by atoms with Crippen LogP contribution in [0.5, 0.6) is 0 Å². The molecule has 1 atom stereocenters. The van der Waals surface area contributed by atoms with Crippen molar-refractivity contribution < 1.29 is 19.1 Å². The number of esters is 1. The van der Waals surface area contributed by atoms with Gasteiger partial charge < -0.3 is 14.8 Å². The van der Waals surface area contributed by atoms with Gasteiger partial charge in [0.05, 0.1) is 7.11 Å². The van der Waals surface area contributed by atoms with Crippen molar-refractivity contribution >= 4 is 12.1 Å². The summed E-state index contributed by atoms with van der Waals surface area (Å²) in [5.41, 5.74) is 0.827. The largest absolute Gasteiger partial charge is 0.467 e. The van der Waals surface area contributed by atoms with Gasteiger partial charge in [0.1, 0.15) is 12.6 Å². The normalized spacial score (nSPS) is 11.8. The predicted molar refractivity (Wildman–Crippen MR) is 72.8 cm³/mol. The van der Waals surface area contributed by atoms with Crippen LogP contribution >= 0.6 is 0 Å². The molecule has 20 heavy (non-hydrogen) atoms. The van der Waals surface area contributed by atoms with Crippen molar-refractivity contribution in [3.8, 4) is 0 Å². The quantitative estimate of drug-likeness (QED) is 0.805. The number of rotatable bonds is 6. The van der Waals surface area contributed by atoms with Crippen molar-refractivity contribution in [2.75, 3.05) is 7.11 Å². The highest BCUT2D eigenvalue weighted by molar-refractivity contribution is 5.81. The molecular weight excluding hydrogens is 260 g/mol. The summed E-state index contributed by atoms with van der Waals surface area (Å²) in [7, 11) is 1.29. The van der Waals surface area contributed by atoms with E-state index in [1.165, 1.54) is 7.11 Å². The third-order valence-corrected chi connectivity index (χ3v) is 2.60. The summed E-state index contributed by atoms with van der Waals surface area (Å²) in [6.45, 7) is 4.05. The molecule has 0 saturated heterocycles. The van der Waals surface area contributed by atoms with E-state index >= 15 is 0 Å². The maximum atomic E-state index is 11.7. The van der Waals surface area contributed by atoms with E-state index in [0.29, 0.717) is 6.42 Å². The fraction of sp³-hybridized carbons (Fsp3) is 0.500. The summed E-state index contributed by atoms with van der Waals surface area (Å²) in [6, 6.07) is 2.81. The maximum absolute atomic E-state index is 11.7. The Labute approximate surface area is 118 Å². The molecule has 1 aromatic rings. The van der Waals surface area contributed by atoms with Gasteiger partial charge in [-0.05, 0) is 30.0 Å². The fourth-order valence-corrected chi connectivity index (χ4v) is 1.64. The third-order valence-electron chi connectivity index (χ3n) is 2.60. The van der Waals surface area contributed by atoms with Crippen LogP contribution < -0.4 is 5.32 Å². The van der Waals surface area contributed by atoms with E-state index in [-0.39, 0.29) is 12.5 Å². The number of nitrogens with zero attached hydrogens (tertiary/aromatic N) is 1. The minimum absolute atomic E-state index is 0.129. The number of alkyl carbamates (subject to hydrolysis) is 1. The average Bonchev–Trinajstić information content (AvgIpc) is 2.44. The molecule has 1 heterocycles. The van der Waals surface area contributed by atoms with Crippen LogP contribution in [0.3, 0.4) is 0 Å². The number of pyridine rings is 1. The van der Waals surface area contributed by atoms with Gasteiger partial charge in [0.25, 0.3) is 0 Å². The molecule has 0 saturated carbocycles. The number of carbonyl (C=O) groups is 2. The molecule has 0 unspecified atom stereocenters. The SMILES string of the molecule is COC(=O)[C@H](CC(C)C)NC(=O)OCc1ccncc1. The topological polar surface area (TPSA) is 77.5 Å². The zero-order chi connectivity index (χ0) is 15.0. The minimum atomic E-state index is -0.690. The molecule has 0 aromatic carbocycles. The minimum Gasteiger partial charge on any atom is -0.467 e. The standard InChI is InChI=1S/C14H20N2O4/c1-10(2)8-12(13(17)19-3)16-14(18)20-9-11-4-6-15-7-5-11/h4-7,10,12H,8-9H2,1-3H3,(H,16,18)/t12-/m0/s1. The van der Waals surface area contributed by atoms with Crippen molar-refractivity contribution in [1.29, 1.82) is 0 Å². The summed E-state index contributed by atoms with van der Waals surface area (Å²) in [5.74, 6) is -0.223. The summed E-state index contributed by atoms with van der Waals surface area (Å²) in [4.78, 5) is 27.1. The second-order valence-electron chi connectivity index (χ2n) is 4.78. The first-order chi connectivity index (χ1) is 9.52. The zero-order valence-corrected chi connectivity index (χ0v) is 12.0. The van der Waals surface area contributed by atoms with Gasteiger partial charge in [-0.2, -0.15) is 0 Å². The van der Waals surface area contributed by atoms with Crippen LogP contribution in [0.1, 0.15) is 25.8 Å². The Kier molecular flexibility index (Phi) is 6.49. The second-order valence-corrected chi connectivity index (χ2v) is 4.78. The first-order valence-electron chi connectivity index (χ1n) is 6.43. The Morgan fingerprint density at radius 3 is 2.50 bits per heavy atom. The monoisotopic (exact) mass is 280 g/mol. The van der Waals surface area contributed by atoms with Crippen LogP contribution in [-0.2, 0) is 20.9 Å². The second kappa shape index (κ2) is 8.14. The van der Waals surface area contributed by atoms with Crippen LogP contribution in [0.2, 0.25) is 0 Å². The van der Waals surface area contributed by atoms with Crippen LogP contribution in [0.15, 0.2) is 24.5 Å². The van der Waals surface area contributed by atoms with Crippen molar-refractivity contribution in [1.82, 2.24) is 10.3 Å². The molecule has 1 amide bonds. The summed E-state index contributed by atoms with van der Waals surface area (Å²) >= 11 is 0. The van der Waals surface area contributed by atoms with E-state index in [1.54, 1.807) is 24.5 Å². The molecule has 6 heteroatoms. The molecule has 0 spiro atoms. The number of amides is 1. The first-order valence-corrected chi connectivity index (χ1v) is 6.43. The first kappa shape index (κ1) is 15.9. The Balaban J connectivity index is 2.47. The Bertz CT molecular complexity index is 434. The van der Waals surface area contributed by atoms with Gasteiger partial charge in [-0.15, -0.1) is 0 Å². The molecule has 0 aliphatic carbocycles. The van der Waals surface area contributed by atoms with Crippen LogP contribution in [0, 0.1) is 5.92 Å². The molecule has 1 rings (SSSR count). The molecule has 6 nitrogen and oxygen atoms in total. The number of aromatic nitrogens is 1. The van der Waals surface area contributed by atoms with Gasteiger partial charge in [0, 0.05) is 12.4 Å². The molecule has 0 bridgehead atoms.